The number of likely N-dealkylation sites (tertiary alicyclic amines) is 1. The third kappa shape index (κ3) is 13.6. The highest BCUT2D eigenvalue weighted by atomic mass is 16.5. The van der Waals surface area contributed by atoms with Gasteiger partial charge in [-0.1, -0.05) is 174 Å². The van der Waals surface area contributed by atoms with Crippen molar-refractivity contribution in [3.05, 3.63) is 142 Å². The van der Waals surface area contributed by atoms with Gasteiger partial charge in [-0.05, 0) is 96.1 Å². The predicted octanol–water partition coefficient (Wildman–Crippen LogP) is 12.9. The zero-order valence-corrected chi connectivity index (χ0v) is 39.3. The summed E-state index contributed by atoms with van der Waals surface area (Å²) in [6.07, 6.45) is 9.49. The van der Waals surface area contributed by atoms with Crippen LogP contribution in [-0.4, -0.2) is 97.5 Å². The van der Waals surface area contributed by atoms with Crippen LogP contribution in [0.1, 0.15) is 171 Å². The number of piperazine rings is 1. The summed E-state index contributed by atoms with van der Waals surface area (Å²) in [5.74, 6) is 0.968. The zero-order chi connectivity index (χ0) is 43.6. The van der Waals surface area contributed by atoms with Gasteiger partial charge in [-0.25, -0.2) is 0 Å². The molecule has 4 aliphatic heterocycles. The van der Waals surface area contributed by atoms with E-state index in [1.807, 2.05) is 55.4 Å². The summed E-state index contributed by atoms with van der Waals surface area (Å²) in [6, 6.07) is 35.8. The SMILES string of the molecule is C.C.CC.CC.CC.CC.OCCN1CCN(CC2CC3c4ccccc4Cc4ccccc4C3O2)CC1.c1ccc2c(c1)Cc1ccccc1C1OC(CN3CCCCC3)CC21. The van der Waals surface area contributed by atoms with Crippen molar-refractivity contribution in [2.75, 3.05) is 65.5 Å². The van der Waals surface area contributed by atoms with Crippen LogP contribution in [0.2, 0.25) is 0 Å². The van der Waals surface area contributed by atoms with Crippen LogP contribution >= 0.6 is 0 Å². The second-order valence-corrected chi connectivity index (χ2v) is 16.4. The number of benzene rings is 4. The van der Waals surface area contributed by atoms with Crippen molar-refractivity contribution in [1.82, 2.24) is 14.7 Å². The minimum absolute atomic E-state index is 0. The van der Waals surface area contributed by atoms with Gasteiger partial charge in [0.2, 0.25) is 0 Å². The Balaban J connectivity index is 0.000000283. The normalized spacial score (nSPS) is 24.1. The summed E-state index contributed by atoms with van der Waals surface area (Å²) in [6.45, 7) is 25.9. The summed E-state index contributed by atoms with van der Waals surface area (Å²) in [7, 11) is 0. The van der Waals surface area contributed by atoms with Crippen molar-refractivity contribution in [3.8, 4) is 0 Å². The third-order valence-corrected chi connectivity index (χ3v) is 13.1. The van der Waals surface area contributed by atoms with Crippen LogP contribution in [0.25, 0.3) is 0 Å². The van der Waals surface area contributed by atoms with E-state index in [0.717, 1.165) is 71.5 Å². The molecule has 0 spiro atoms. The van der Waals surface area contributed by atoms with Gasteiger partial charge in [-0.3, -0.25) is 9.80 Å². The summed E-state index contributed by atoms with van der Waals surface area (Å²) in [5, 5.41) is 9.14. The molecule has 1 N–H and O–H groups in total. The molecule has 6 nitrogen and oxygen atoms in total. The number of aliphatic hydroxyl groups excluding tert-OH is 1. The predicted molar refractivity (Wildman–Crippen MR) is 270 cm³/mol. The zero-order valence-electron chi connectivity index (χ0n) is 39.3. The molecule has 2 aliphatic carbocycles. The van der Waals surface area contributed by atoms with E-state index in [-0.39, 0.29) is 33.7 Å². The van der Waals surface area contributed by atoms with Crippen LogP contribution in [0.4, 0.5) is 0 Å². The number of aliphatic hydroxyl groups is 1. The first-order valence-electron chi connectivity index (χ1n) is 24.6. The number of hydrogen-bond donors (Lipinski definition) is 1. The lowest BCUT2D eigenvalue weighted by Gasteiger charge is -2.35. The van der Waals surface area contributed by atoms with Gasteiger partial charge < -0.3 is 19.5 Å². The van der Waals surface area contributed by atoms with E-state index in [0.29, 0.717) is 24.0 Å². The van der Waals surface area contributed by atoms with E-state index in [1.54, 1.807) is 0 Å². The van der Waals surface area contributed by atoms with Gasteiger partial charge in [0.1, 0.15) is 0 Å². The maximum absolute atomic E-state index is 9.14. The highest BCUT2D eigenvalue weighted by Crippen LogP contribution is 2.50. The molecule has 0 radical (unpaired) electrons. The fourth-order valence-electron chi connectivity index (χ4n) is 10.4. The molecule has 0 bridgehead atoms. The summed E-state index contributed by atoms with van der Waals surface area (Å²) in [4.78, 5) is 7.52. The van der Waals surface area contributed by atoms with E-state index in [2.05, 4.69) is 112 Å². The van der Waals surface area contributed by atoms with Crippen LogP contribution in [0, 0.1) is 0 Å². The summed E-state index contributed by atoms with van der Waals surface area (Å²) in [5.41, 5.74) is 11.6. The van der Waals surface area contributed by atoms with Crippen LogP contribution in [0.5, 0.6) is 0 Å². The van der Waals surface area contributed by atoms with Gasteiger partial charge in [0.05, 0.1) is 31.0 Å². The Morgan fingerprint density at radius 1 is 0.444 bits per heavy atom. The first kappa shape index (κ1) is 54.0. The van der Waals surface area contributed by atoms with E-state index in [4.69, 9.17) is 14.6 Å². The average molecular weight is 864 g/mol. The topological polar surface area (TPSA) is 48.4 Å². The van der Waals surface area contributed by atoms with Gasteiger partial charge in [-0.15, -0.1) is 0 Å². The van der Waals surface area contributed by atoms with Crippen LogP contribution in [0.3, 0.4) is 0 Å². The standard InChI is InChI=1S/C24H30N2O2.C23H27NO.4C2H6.2CH4/c27-14-13-25-9-11-26(12-10-25)17-20-16-23-21-7-3-1-5-18(21)15-19-6-2-4-8-22(19)24(23)28-20;1-6-12-24(13-7-1)16-19-15-22-20-10-4-2-8-17(20)14-18-9-3-5-11-21(18)23(22)25-19;4*1-2;;/h1-8,20,23-24,27H,9-17H2;2-5,8-11,19,22-23H,1,6-7,12-16H2;4*1-2H3;2*1H4. The Morgan fingerprint density at radius 3 is 1.17 bits per heavy atom. The largest absolute Gasteiger partial charge is 0.395 e. The molecular formula is C57H89N3O3. The van der Waals surface area contributed by atoms with Crippen LogP contribution in [-0.2, 0) is 22.3 Å². The molecule has 0 saturated carbocycles. The number of piperidine rings is 1. The Kier molecular flexibility index (Phi) is 24.4. The van der Waals surface area contributed by atoms with E-state index < -0.39 is 0 Å². The Morgan fingerprint density at radius 2 is 0.778 bits per heavy atom. The molecule has 4 fully saturated rings. The molecule has 6 aliphatic rings. The Labute approximate surface area is 386 Å². The molecule has 4 heterocycles. The Bertz CT molecular complexity index is 1730. The van der Waals surface area contributed by atoms with Gasteiger partial charge in [-0.2, -0.15) is 0 Å². The molecule has 0 aromatic heterocycles. The molecule has 4 aromatic rings. The van der Waals surface area contributed by atoms with Crippen molar-refractivity contribution in [1.29, 1.82) is 0 Å². The lowest BCUT2D eigenvalue weighted by atomic mass is 9.87. The van der Waals surface area contributed by atoms with Crippen molar-refractivity contribution >= 4 is 0 Å². The van der Waals surface area contributed by atoms with Crippen LogP contribution < -0.4 is 0 Å². The second-order valence-electron chi connectivity index (χ2n) is 16.4. The lowest BCUT2D eigenvalue weighted by Crippen LogP contribution is -2.49. The lowest BCUT2D eigenvalue weighted by molar-refractivity contribution is 0.00797. The highest BCUT2D eigenvalue weighted by molar-refractivity contribution is 5.46. The van der Waals surface area contributed by atoms with Gasteiger partial charge in [0.25, 0.3) is 0 Å². The molecule has 0 amide bonds. The molecular weight excluding hydrogens is 775 g/mol. The molecule has 63 heavy (non-hydrogen) atoms. The molecule has 6 heteroatoms. The van der Waals surface area contributed by atoms with E-state index >= 15 is 0 Å². The molecule has 4 aromatic carbocycles. The summed E-state index contributed by atoms with van der Waals surface area (Å²) >= 11 is 0. The number of ether oxygens (including phenoxy) is 2. The van der Waals surface area contributed by atoms with Crippen molar-refractivity contribution < 1.29 is 14.6 Å². The molecule has 4 saturated heterocycles. The second kappa shape index (κ2) is 28.5. The van der Waals surface area contributed by atoms with E-state index in [9.17, 15) is 0 Å². The minimum atomic E-state index is 0. The minimum Gasteiger partial charge on any atom is -0.395 e. The first-order chi connectivity index (χ1) is 30.2. The first-order valence-corrected chi connectivity index (χ1v) is 24.6. The van der Waals surface area contributed by atoms with Crippen LogP contribution in [0.15, 0.2) is 97.1 Å². The maximum Gasteiger partial charge on any atom is 0.0901 e. The maximum atomic E-state index is 9.14. The smallest absolute Gasteiger partial charge is 0.0901 e. The van der Waals surface area contributed by atoms with Crippen molar-refractivity contribution in [3.63, 3.8) is 0 Å². The monoisotopic (exact) mass is 864 g/mol. The molecule has 6 unspecified atom stereocenters. The van der Waals surface area contributed by atoms with Crippen molar-refractivity contribution in [2.45, 2.75) is 151 Å². The van der Waals surface area contributed by atoms with Gasteiger partial charge in [0.15, 0.2) is 0 Å². The molecule has 6 atom stereocenters. The number of nitrogens with zero attached hydrogens (tertiary/aromatic N) is 3. The third-order valence-electron chi connectivity index (χ3n) is 13.1. The fourth-order valence-corrected chi connectivity index (χ4v) is 10.4. The fraction of sp³-hybridized carbons (Fsp3) is 0.579. The average Bonchev–Trinajstić information content (AvgIpc) is 3.88. The van der Waals surface area contributed by atoms with E-state index in [1.165, 1.54) is 76.9 Å². The Hall–Kier alpha value is -3.36. The summed E-state index contributed by atoms with van der Waals surface area (Å²) < 4.78 is 13.4. The number of fused-ring (bicyclic) bond motifs is 10. The number of hydrogen-bond acceptors (Lipinski definition) is 6. The van der Waals surface area contributed by atoms with Crippen molar-refractivity contribution in [2.24, 2.45) is 0 Å². The van der Waals surface area contributed by atoms with Gasteiger partial charge >= 0.3 is 0 Å². The molecule has 10 rings (SSSR count). The quantitative estimate of drug-likeness (QED) is 0.208. The molecule has 350 valence electrons. The highest BCUT2D eigenvalue weighted by Gasteiger charge is 2.42. The number of rotatable bonds is 6. The number of β-amino-alcohol motifs (C(OH)–C–C–N with tert-alkyl or cyclic N) is 1. The van der Waals surface area contributed by atoms with Gasteiger partial charge in [0, 0.05) is 57.6 Å².